The first-order chi connectivity index (χ1) is 9.81. The quantitative estimate of drug-likeness (QED) is 0.436. The van der Waals surface area contributed by atoms with Crippen LogP contribution >= 0.6 is 15.9 Å². The van der Waals surface area contributed by atoms with Crippen molar-refractivity contribution in [3.63, 3.8) is 0 Å². The van der Waals surface area contributed by atoms with Gasteiger partial charge in [-0.3, -0.25) is 0 Å². The molecule has 116 valence electrons. The van der Waals surface area contributed by atoms with Crippen molar-refractivity contribution in [2.75, 3.05) is 6.61 Å². The topological polar surface area (TPSA) is 44.4 Å². The van der Waals surface area contributed by atoms with Gasteiger partial charge in [0.2, 0.25) is 0 Å². The number of rotatable bonds is 6. The zero-order valence-corrected chi connectivity index (χ0v) is 15.6. The fourth-order valence-corrected chi connectivity index (χ4v) is 3.42. The molecule has 0 saturated heterocycles. The lowest BCUT2D eigenvalue weighted by atomic mass is 10.1. The molecular formula is C15H22BrNO3Si. The Balaban J connectivity index is 2.18. The summed E-state index contributed by atoms with van der Waals surface area (Å²) in [5.74, 6) is -0.357. The van der Waals surface area contributed by atoms with Gasteiger partial charge in [0.15, 0.2) is 5.58 Å². The summed E-state index contributed by atoms with van der Waals surface area (Å²) in [5.41, 5.74) is 3.68. The maximum Gasteiger partial charge on any atom is 0.421 e. The predicted octanol–water partition coefficient (Wildman–Crippen LogP) is 4.11. The molecule has 0 bridgehead atoms. The van der Waals surface area contributed by atoms with Gasteiger partial charge in [0.25, 0.3) is 0 Å². The number of ether oxygens (including phenoxy) is 1. The minimum Gasteiger partial charge on any atom is -0.408 e. The summed E-state index contributed by atoms with van der Waals surface area (Å²) in [6.07, 6.45) is 0. The number of halogens is 1. The van der Waals surface area contributed by atoms with Gasteiger partial charge in [0.05, 0.1) is 5.52 Å². The van der Waals surface area contributed by atoms with Gasteiger partial charge >= 0.3 is 5.76 Å². The van der Waals surface area contributed by atoms with Gasteiger partial charge < -0.3 is 9.15 Å². The summed E-state index contributed by atoms with van der Waals surface area (Å²) in [6, 6.07) is 4.99. The van der Waals surface area contributed by atoms with Crippen LogP contribution in [0.4, 0.5) is 0 Å². The second kappa shape index (κ2) is 6.50. The Kier molecular flexibility index (Phi) is 5.11. The van der Waals surface area contributed by atoms with Gasteiger partial charge in [0.1, 0.15) is 6.73 Å². The first kappa shape index (κ1) is 16.5. The van der Waals surface area contributed by atoms with E-state index < -0.39 is 8.07 Å². The van der Waals surface area contributed by atoms with Crippen LogP contribution in [0.3, 0.4) is 0 Å². The Labute approximate surface area is 134 Å². The summed E-state index contributed by atoms with van der Waals surface area (Å²) < 4.78 is 12.5. The van der Waals surface area contributed by atoms with Crippen LogP contribution in [0.25, 0.3) is 11.1 Å². The number of aryl methyl sites for hydroxylation is 1. The van der Waals surface area contributed by atoms with E-state index in [1.54, 1.807) is 4.57 Å². The van der Waals surface area contributed by atoms with Crippen molar-refractivity contribution >= 4 is 35.1 Å². The molecule has 1 aromatic carbocycles. The Morgan fingerprint density at radius 2 is 2.05 bits per heavy atom. The number of aromatic nitrogens is 1. The molecular weight excluding hydrogens is 350 g/mol. The van der Waals surface area contributed by atoms with E-state index in [2.05, 4.69) is 35.6 Å². The van der Waals surface area contributed by atoms with Crippen LogP contribution in [0.1, 0.15) is 11.1 Å². The lowest BCUT2D eigenvalue weighted by Gasteiger charge is -2.15. The molecule has 0 aliphatic rings. The van der Waals surface area contributed by atoms with Gasteiger partial charge in [-0.1, -0.05) is 35.6 Å². The third-order valence-electron chi connectivity index (χ3n) is 3.49. The molecule has 0 spiro atoms. The average molecular weight is 372 g/mol. The lowest BCUT2D eigenvalue weighted by Crippen LogP contribution is -2.23. The number of fused-ring (bicyclic) bond motifs is 1. The second-order valence-corrected chi connectivity index (χ2v) is 12.7. The molecule has 0 unspecified atom stereocenters. The normalized spacial score (nSPS) is 12.2. The first-order valence-corrected chi connectivity index (χ1v) is 11.9. The maximum atomic E-state index is 12.0. The summed E-state index contributed by atoms with van der Waals surface area (Å²) >= 11 is 3.44. The summed E-state index contributed by atoms with van der Waals surface area (Å²) in [5, 5.41) is 0.746. The highest BCUT2D eigenvalue weighted by molar-refractivity contribution is 9.08. The first-order valence-electron chi connectivity index (χ1n) is 7.08. The van der Waals surface area contributed by atoms with Crippen molar-refractivity contribution in [1.29, 1.82) is 0 Å². The van der Waals surface area contributed by atoms with Gasteiger partial charge in [-0.05, 0) is 36.2 Å². The monoisotopic (exact) mass is 371 g/mol. The zero-order valence-electron chi connectivity index (χ0n) is 13.0. The number of hydrogen-bond acceptors (Lipinski definition) is 3. The molecule has 2 rings (SSSR count). The van der Waals surface area contributed by atoms with Crippen molar-refractivity contribution in [3.05, 3.63) is 33.8 Å². The molecule has 21 heavy (non-hydrogen) atoms. The minimum atomic E-state index is -1.11. The molecule has 0 N–H and O–H groups in total. The highest BCUT2D eigenvalue weighted by Crippen LogP contribution is 2.21. The van der Waals surface area contributed by atoms with Crippen molar-refractivity contribution < 1.29 is 9.15 Å². The molecule has 0 aliphatic carbocycles. The largest absolute Gasteiger partial charge is 0.421 e. The molecule has 0 atom stereocenters. The van der Waals surface area contributed by atoms with Crippen molar-refractivity contribution in [3.8, 4) is 0 Å². The average Bonchev–Trinajstić information content (AvgIpc) is 2.68. The zero-order chi connectivity index (χ0) is 15.6. The second-order valence-electron chi connectivity index (χ2n) is 6.52. The lowest BCUT2D eigenvalue weighted by molar-refractivity contribution is 0.0850. The van der Waals surface area contributed by atoms with Crippen molar-refractivity contribution in [2.24, 2.45) is 0 Å². The molecule has 0 saturated carbocycles. The van der Waals surface area contributed by atoms with E-state index in [-0.39, 0.29) is 12.5 Å². The third kappa shape index (κ3) is 4.08. The van der Waals surface area contributed by atoms with Crippen LogP contribution in [0.15, 0.2) is 21.3 Å². The smallest absolute Gasteiger partial charge is 0.408 e. The Morgan fingerprint density at radius 1 is 1.33 bits per heavy atom. The van der Waals surface area contributed by atoms with Crippen LogP contribution in [0.5, 0.6) is 0 Å². The molecule has 4 nitrogen and oxygen atoms in total. The molecule has 0 amide bonds. The van der Waals surface area contributed by atoms with E-state index in [4.69, 9.17) is 9.15 Å². The van der Waals surface area contributed by atoms with E-state index in [9.17, 15) is 4.79 Å². The Hall–Kier alpha value is -0.853. The van der Waals surface area contributed by atoms with Gasteiger partial charge in [-0.25, -0.2) is 9.36 Å². The number of benzene rings is 1. The van der Waals surface area contributed by atoms with Crippen LogP contribution in [0, 0.1) is 6.92 Å². The van der Waals surface area contributed by atoms with E-state index >= 15 is 0 Å². The summed E-state index contributed by atoms with van der Waals surface area (Å²) in [7, 11) is -1.11. The fourth-order valence-electron chi connectivity index (χ4n) is 2.06. The standard InChI is InChI=1S/C15H22BrNO3Si/c1-11-7-13-14(8-12(11)9-16)20-15(18)17(13)10-19-5-6-21(2,3)4/h7-8H,5-6,9-10H2,1-4H3. The van der Waals surface area contributed by atoms with E-state index in [1.165, 1.54) is 0 Å². The number of alkyl halides is 1. The van der Waals surface area contributed by atoms with Crippen LogP contribution in [0.2, 0.25) is 25.7 Å². The molecule has 1 heterocycles. The molecule has 2 aromatic rings. The Bertz CT molecular complexity index is 685. The van der Waals surface area contributed by atoms with Crippen LogP contribution < -0.4 is 5.76 Å². The van der Waals surface area contributed by atoms with E-state index in [0.717, 1.165) is 28.0 Å². The van der Waals surface area contributed by atoms with Crippen LogP contribution in [-0.2, 0) is 16.8 Å². The minimum absolute atomic E-state index is 0.253. The van der Waals surface area contributed by atoms with Crippen molar-refractivity contribution in [1.82, 2.24) is 4.57 Å². The third-order valence-corrected chi connectivity index (χ3v) is 5.79. The summed E-state index contributed by atoms with van der Waals surface area (Å²) in [6.45, 7) is 9.89. The predicted molar refractivity (Wildman–Crippen MR) is 91.9 cm³/mol. The highest BCUT2D eigenvalue weighted by Gasteiger charge is 2.14. The number of oxazole rings is 1. The number of hydrogen-bond donors (Lipinski definition) is 0. The molecule has 6 heteroatoms. The molecule has 0 radical (unpaired) electrons. The molecule has 1 aromatic heterocycles. The summed E-state index contributed by atoms with van der Waals surface area (Å²) in [4.78, 5) is 12.0. The highest BCUT2D eigenvalue weighted by atomic mass is 79.9. The van der Waals surface area contributed by atoms with Gasteiger partial charge in [-0.15, -0.1) is 0 Å². The fraction of sp³-hybridized carbons (Fsp3) is 0.533. The molecule has 0 aliphatic heterocycles. The van der Waals surface area contributed by atoms with Crippen molar-refractivity contribution in [2.45, 2.75) is 44.7 Å². The van der Waals surface area contributed by atoms with Gasteiger partial charge in [0, 0.05) is 20.0 Å². The number of nitrogens with zero attached hydrogens (tertiary/aromatic N) is 1. The SMILES string of the molecule is Cc1cc2c(cc1CBr)oc(=O)n2COCC[Si](C)(C)C. The van der Waals surface area contributed by atoms with Gasteiger partial charge in [-0.2, -0.15) is 0 Å². The van der Waals surface area contributed by atoms with Crippen LogP contribution in [-0.4, -0.2) is 19.2 Å². The molecule has 0 fully saturated rings. The van der Waals surface area contributed by atoms with E-state index in [1.807, 2.05) is 19.1 Å². The van der Waals surface area contributed by atoms with E-state index in [0.29, 0.717) is 12.2 Å². The maximum absolute atomic E-state index is 12.0. The Morgan fingerprint density at radius 3 is 2.67 bits per heavy atom.